The molecule has 5 rings (SSSR count). The Hall–Kier alpha value is -2.71. The molecule has 0 amide bonds. The Kier molecular flexibility index (Phi) is 4.60. The van der Waals surface area contributed by atoms with Crippen LogP contribution in [0.1, 0.15) is 36.2 Å². The van der Waals surface area contributed by atoms with Crippen molar-refractivity contribution in [2.45, 2.75) is 25.8 Å². The maximum Gasteiger partial charge on any atom is 0.230 e. The molecule has 0 spiro atoms. The Morgan fingerprint density at radius 2 is 2.00 bits per heavy atom. The van der Waals surface area contributed by atoms with E-state index in [0.29, 0.717) is 32.9 Å². The molecule has 1 atom stereocenters. The topological polar surface area (TPSA) is 66.8 Å². The van der Waals surface area contributed by atoms with E-state index in [4.69, 9.17) is 4.42 Å². The number of fused-ring (bicyclic) bond motifs is 1. The van der Waals surface area contributed by atoms with Crippen LogP contribution in [0.2, 0.25) is 0 Å². The molecule has 1 aromatic carbocycles. The fourth-order valence-corrected chi connectivity index (χ4v) is 5.03. The summed E-state index contributed by atoms with van der Waals surface area (Å²) in [7, 11) is 0. The van der Waals surface area contributed by atoms with Crippen molar-refractivity contribution in [3.05, 3.63) is 58.9 Å². The second-order valence-electron chi connectivity index (χ2n) is 7.54. The first-order chi connectivity index (χ1) is 14.1. The number of hydrogen-bond acceptors (Lipinski definition) is 6. The fourth-order valence-electron chi connectivity index (χ4n) is 3.93. The van der Waals surface area contributed by atoms with Gasteiger partial charge in [-0.3, -0.25) is 4.90 Å². The van der Waals surface area contributed by atoms with Crippen LogP contribution in [-0.2, 0) is 0 Å². The van der Waals surface area contributed by atoms with Crippen LogP contribution in [0.5, 0.6) is 5.88 Å². The van der Waals surface area contributed by atoms with Gasteiger partial charge in [-0.2, -0.15) is 9.50 Å². The van der Waals surface area contributed by atoms with E-state index in [1.807, 2.05) is 6.07 Å². The Balaban J connectivity index is 1.60. The highest BCUT2D eigenvalue weighted by molar-refractivity contribution is 7.17. The number of halogens is 1. The molecule has 8 heteroatoms. The van der Waals surface area contributed by atoms with Crippen molar-refractivity contribution in [3.63, 3.8) is 0 Å². The Labute approximate surface area is 171 Å². The number of thiazole rings is 1. The van der Waals surface area contributed by atoms with Crippen molar-refractivity contribution in [1.82, 2.24) is 19.5 Å². The Morgan fingerprint density at radius 3 is 2.69 bits per heavy atom. The predicted molar refractivity (Wildman–Crippen MR) is 108 cm³/mol. The number of likely N-dealkylation sites (tertiary alicyclic amines) is 1. The molecule has 29 heavy (non-hydrogen) atoms. The predicted octanol–water partition coefficient (Wildman–Crippen LogP) is 4.72. The highest BCUT2D eigenvalue weighted by Gasteiger charge is 2.33. The second kappa shape index (κ2) is 7.27. The molecule has 0 radical (unpaired) electrons. The van der Waals surface area contributed by atoms with Gasteiger partial charge in [0, 0.05) is 5.56 Å². The standard InChI is InChI=1S/C21H21FN4O2S/c1-13-8-10-25(11-9-13)17(14-5-2-3-6-15(14)22)18-20(27)26-21(29-18)23-19(24-26)16-7-4-12-28-16/h2-7,12-13,17,27H,8-11H2,1H3. The molecule has 6 nitrogen and oxygen atoms in total. The monoisotopic (exact) mass is 412 g/mol. The molecule has 150 valence electrons. The van der Waals surface area contributed by atoms with Gasteiger partial charge in [0.1, 0.15) is 5.82 Å². The summed E-state index contributed by atoms with van der Waals surface area (Å²) in [5.41, 5.74) is 0.563. The highest BCUT2D eigenvalue weighted by atomic mass is 32.1. The van der Waals surface area contributed by atoms with Crippen LogP contribution < -0.4 is 0 Å². The van der Waals surface area contributed by atoms with E-state index in [2.05, 4.69) is 21.9 Å². The van der Waals surface area contributed by atoms with Crippen molar-refractivity contribution in [1.29, 1.82) is 0 Å². The highest BCUT2D eigenvalue weighted by Crippen LogP contribution is 2.42. The third kappa shape index (κ3) is 3.22. The summed E-state index contributed by atoms with van der Waals surface area (Å²) in [6.07, 6.45) is 3.66. The van der Waals surface area contributed by atoms with Crippen molar-refractivity contribution in [3.8, 4) is 17.5 Å². The lowest BCUT2D eigenvalue weighted by molar-refractivity contribution is 0.155. The smallest absolute Gasteiger partial charge is 0.230 e. The van der Waals surface area contributed by atoms with Crippen LogP contribution in [0.3, 0.4) is 0 Å². The zero-order valence-corrected chi connectivity index (χ0v) is 16.8. The minimum Gasteiger partial charge on any atom is -0.492 e. The summed E-state index contributed by atoms with van der Waals surface area (Å²) in [6.45, 7) is 3.95. The molecule has 1 N–H and O–H groups in total. The number of benzene rings is 1. The van der Waals surface area contributed by atoms with Gasteiger partial charge < -0.3 is 9.52 Å². The molecule has 1 saturated heterocycles. The van der Waals surface area contributed by atoms with Gasteiger partial charge in [-0.15, -0.1) is 5.10 Å². The molecule has 1 unspecified atom stereocenters. The van der Waals surface area contributed by atoms with E-state index in [9.17, 15) is 9.50 Å². The first-order valence-electron chi connectivity index (χ1n) is 9.72. The average Bonchev–Trinajstić information content (AvgIpc) is 3.44. The van der Waals surface area contributed by atoms with Crippen LogP contribution in [0.15, 0.2) is 47.1 Å². The number of furan rings is 1. The van der Waals surface area contributed by atoms with Crippen LogP contribution in [-0.4, -0.2) is 37.7 Å². The van der Waals surface area contributed by atoms with Crippen molar-refractivity contribution in [2.75, 3.05) is 13.1 Å². The van der Waals surface area contributed by atoms with Crippen LogP contribution in [0.25, 0.3) is 16.5 Å². The third-order valence-corrected chi connectivity index (χ3v) is 6.65. The quantitative estimate of drug-likeness (QED) is 0.526. The van der Waals surface area contributed by atoms with Gasteiger partial charge in [-0.05, 0) is 50.0 Å². The van der Waals surface area contributed by atoms with Crippen molar-refractivity contribution < 1.29 is 13.9 Å². The summed E-state index contributed by atoms with van der Waals surface area (Å²) in [6, 6.07) is 9.95. The molecule has 1 fully saturated rings. The van der Waals surface area contributed by atoms with Gasteiger partial charge in [0.15, 0.2) is 5.76 Å². The molecule has 1 aliphatic rings. The minimum absolute atomic E-state index is 0.00202. The molecular formula is C21H21FN4O2S. The molecule has 0 saturated carbocycles. The SMILES string of the molecule is CC1CCN(C(c2ccccc2F)c2sc3nc(-c4ccco4)nn3c2O)CC1. The van der Waals surface area contributed by atoms with Gasteiger partial charge in [0.05, 0.1) is 17.2 Å². The van der Waals surface area contributed by atoms with Crippen LogP contribution >= 0.6 is 11.3 Å². The zero-order valence-electron chi connectivity index (χ0n) is 16.0. The minimum atomic E-state index is -0.371. The first-order valence-corrected chi connectivity index (χ1v) is 10.5. The lowest BCUT2D eigenvalue weighted by Crippen LogP contribution is -2.36. The van der Waals surface area contributed by atoms with E-state index >= 15 is 0 Å². The van der Waals surface area contributed by atoms with Gasteiger partial charge in [0.25, 0.3) is 0 Å². The molecule has 4 heterocycles. The van der Waals surface area contributed by atoms with E-state index < -0.39 is 0 Å². The van der Waals surface area contributed by atoms with Gasteiger partial charge in [-0.25, -0.2) is 4.39 Å². The van der Waals surface area contributed by atoms with Gasteiger partial charge in [0.2, 0.25) is 16.7 Å². The van der Waals surface area contributed by atoms with Gasteiger partial charge in [-0.1, -0.05) is 36.5 Å². The number of aromatic nitrogens is 3. The molecule has 0 bridgehead atoms. The fraction of sp³-hybridized carbons (Fsp3) is 0.333. The summed E-state index contributed by atoms with van der Waals surface area (Å²) in [5.74, 6) is 1.34. The summed E-state index contributed by atoms with van der Waals surface area (Å²) in [4.78, 5) is 7.95. The maximum absolute atomic E-state index is 14.8. The number of nitrogens with zero attached hydrogens (tertiary/aromatic N) is 4. The number of piperidine rings is 1. The van der Waals surface area contributed by atoms with Gasteiger partial charge >= 0.3 is 0 Å². The molecule has 3 aromatic heterocycles. The van der Waals surface area contributed by atoms with E-state index in [-0.39, 0.29) is 17.7 Å². The summed E-state index contributed by atoms with van der Waals surface area (Å²) in [5, 5.41) is 15.4. The number of rotatable bonds is 4. The van der Waals surface area contributed by atoms with Crippen LogP contribution in [0, 0.1) is 11.7 Å². The molecule has 0 aliphatic carbocycles. The average molecular weight is 412 g/mol. The van der Waals surface area contributed by atoms with Crippen LogP contribution in [0.4, 0.5) is 4.39 Å². The zero-order chi connectivity index (χ0) is 20.0. The Morgan fingerprint density at radius 1 is 1.21 bits per heavy atom. The lowest BCUT2D eigenvalue weighted by atomic mass is 9.95. The number of aromatic hydroxyl groups is 1. The largest absolute Gasteiger partial charge is 0.492 e. The first kappa shape index (κ1) is 18.3. The normalized spacial score (nSPS) is 17.2. The van der Waals surface area contributed by atoms with Crippen molar-refractivity contribution >= 4 is 16.3 Å². The molecular weight excluding hydrogens is 391 g/mol. The summed E-state index contributed by atoms with van der Waals surface area (Å²) < 4.78 is 21.5. The van der Waals surface area contributed by atoms with E-state index in [1.54, 1.807) is 30.5 Å². The lowest BCUT2D eigenvalue weighted by Gasteiger charge is -2.36. The summed E-state index contributed by atoms with van der Waals surface area (Å²) >= 11 is 1.34. The van der Waals surface area contributed by atoms with Crippen molar-refractivity contribution in [2.24, 2.45) is 5.92 Å². The molecule has 4 aromatic rings. The third-order valence-electron chi connectivity index (χ3n) is 5.57. The molecule has 1 aliphatic heterocycles. The second-order valence-corrected chi connectivity index (χ2v) is 8.55. The van der Waals surface area contributed by atoms with E-state index in [1.165, 1.54) is 21.9 Å². The Bertz CT molecular complexity index is 1130. The van der Waals surface area contributed by atoms with E-state index in [0.717, 1.165) is 25.9 Å². The number of hydrogen-bond donors (Lipinski definition) is 1. The maximum atomic E-state index is 14.8.